The Hall–Kier alpha value is -2.08. The topological polar surface area (TPSA) is 0 Å². The van der Waals surface area contributed by atoms with Crippen molar-refractivity contribution in [2.45, 2.75) is 140 Å². The molecule has 0 heteroatoms. The highest BCUT2D eigenvalue weighted by Crippen LogP contribution is 2.43. The lowest BCUT2D eigenvalue weighted by atomic mass is 9.71. The molecule has 0 aliphatic heterocycles. The summed E-state index contributed by atoms with van der Waals surface area (Å²) in [4.78, 5) is 0. The molecule has 0 aromatic carbocycles. The predicted octanol–water partition coefficient (Wildman–Crippen LogP) is 13.1. The maximum atomic E-state index is 2.44. The van der Waals surface area contributed by atoms with Gasteiger partial charge in [0.1, 0.15) is 0 Å². The van der Waals surface area contributed by atoms with E-state index >= 15 is 0 Å². The highest BCUT2D eigenvalue weighted by molar-refractivity contribution is 5.37. The van der Waals surface area contributed by atoms with Crippen LogP contribution in [0.3, 0.4) is 0 Å². The van der Waals surface area contributed by atoms with E-state index in [0.717, 1.165) is 6.42 Å². The Balaban J connectivity index is 1.73. The molecule has 222 valence electrons. The van der Waals surface area contributed by atoms with Crippen LogP contribution < -0.4 is 0 Å². The van der Waals surface area contributed by atoms with Crippen molar-refractivity contribution in [1.82, 2.24) is 0 Å². The highest BCUT2D eigenvalue weighted by Gasteiger charge is 2.28. The van der Waals surface area contributed by atoms with Crippen LogP contribution in [-0.2, 0) is 0 Å². The van der Waals surface area contributed by atoms with Crippen molar-refractivity contribution in [2.24, 2.45) is 16.7 Å². The van der Waals surface area contributed by atoms with Gasteiger partial charge in [-0.3, -0.25) is 0 Å². The number of hydrogen-bond acceptors (Lipinski definition) is 0. The Morgan fingerprint density at radius 3 is 2.17 bits per heavy atom. The minimum Gasteiger partial charge on any atom is -0.0817 e. The molecule has 0 aromatic rings. The Labute approximate surface area is 249 Å². The van der Waals surface area contributed by atoms with E-state index in [2.05, 4.69) is 124 Å². The summed E-state index contributed by atoms with van der Waals surface area (Å²) in [5, 5.41) is 0. The second-order valence-corrected chi connectivity index (χ2v) is 14.3. The Kier molecular flexibility index (Phi) is 14.0. The van der Waals surface area contributed by atoms with Crippen molar-refractivity contribution in [3.05, 3.63) is 93.7 Å². The van der Waals surface area contributed by atoms with Crippen molar-refractivity contribution in [3.8, 4) is 0 Å². The third-order valence-electron chi connectivity index (χ3n) is 9.38. The fourth-order valence-electron chi connectivity index (χ4n) is 6.61. The predicted molar refractivity (Wildman–Crippen MR) is 182 cm³/mol. The van der Waals surface area contributed by atoms with E-state index in [1.807, 2.05) is 0 Å². The van der Waals surface area contributed by atoms with Crippen LogP contribution >= 0.6 is 0 Å². The standard InChI is InChI=1S/C40H62/c1-31(19-13-21-33(3)25-27-37-35(5)23-15-29-39(37,7)8)17-11-12-18-32(2)20-14-22-34(4)26-28-38-36(6)24-16-30-40(38,9)10/h13-14,17,19-22,25,27,32H,11-12,15-16,18,23-24,26,28-30H2,1-10H3/b19-13+,20-14+,27-25+,31-17+,33-21+,34-22+. The van der Waals surface area contributed by atoms with E-state index in [4.69, 9.17) is 0 Å². The molecule has 0 bridgehead atoms. The molecule has 0 saturated carbocycles. The molecule has 2 aliphatic carbocycles. The van der Waals surface area contributed by atoms with Crippen LogP contribution in [0.1, 0.15) is 140 Å². The first kappa shape index (κ1) is 34.1. The maximum absolute atomic E-state index is 2.44. The molecule has 0 amide bonds. The third-order valence-corrected chi connectivity index (χ3v) is 9.38. The van der Waals surface area contributed by atoms with Gasteiger partial charge in [-0.1, -0.05) is 123 Å². The van der Waals surface area contributed by atoms with Crippen molar-refractivity contribution in [3.63, 3.8) is 0 Å². The summed E-state index contributed by atoms with van der Waals surface area (Å²) in [5.74, 6) is 0.626. The van der Waals surface area contributed by atoms with Gasteiger partial charge in [0.05, 0.1) is 0 Å². The first-order valence-electron chi connectivity index (χ1n) is 16.2. The minimum atomic E-state index is 0.306. The van der Waals surface area contributed by atoms with Gasteiger partial charge in [-0.15, -0.1) is 0 Å². The SMILES string of the molecule is CC1=C(/C=C/C(C)=C/C=C/C(C)=C/CCCC(C)/C=C/C=C(\C)CCC2=C(C)CCCC2(C)C)C(C)(C)CCC1. The summed E-state index contributed by atoms with van der Waals surface area (Å²) >= 11 is 0. The van der Waals surface area contributed by atoms with E-state index < -0.39 is 0 Å². The number of hydrogen-bond donors (Lipinski definition) is 0. The number of unbranched alkanes of at least 4 members (excludes halogenated alkanes) is 1. The molecule has 0 N–H and O–H groups in total. The Morgan fingerprint density at radius 2 is 1.50 bits per heavy atom. The molecular formula is C40H62. The largest absolute Gasteiger partial charge is 0.0817 e. The molecule has 40 heavy (non-hydrogen) atoms. The van der Waals surface area contributed by atoms with Gasteiger partial charge < -0.3 is 0 Å². The second-order valence-electron chi connectivity index (χ2n) is 14.3. The molecule has 1 unspecified atom stereocenters. The lowest BCUT2D eigenvalue weighted by Gasteiger charge is -2.34. The van der Waals surface area contributed by atoms with Crippen molar-refractivity contribution < 1.29 is 0 Å². The summed E-state index contributed by atoms with van der Waals surface area (Å²) < 4.78 is 0. The molecular weight excluding hydrogens is 480 g/mol. The molecule has 0 heterocycles. The van der Waals surface area contributed by atoms with Crippen molar-refractivity contribution >= 4 is 0 Å². The van der Waals surface area contributed by atoms with E-state index in [9.17, 15) is 0 Å². The average molecular weight is 543 g/mol. The van der Waals surface area contributed by atoms with Crippen molar-refractivity contribution in [1.29, 1.82) is 0 Å². The molecule has 0 saturated heterocycles. The molecule has 2 rings (SSSR count). The molecule has 0 spiro atoms. The van der Waals surface area contributed by atoms with Crippen LogP contribution in [0.4, 0.5) is 0 Å². The summed E-state index contributed by atoms with van der Waals surface area (Å²) in [7, 11) is 0. The lowest BCUT2D eigenvalue weighted by Crippen LogP contribution is -2.20. The molecule has 0 nitrogen and oxygen atoms in total. The summed E-state index contributed by atoms with van der Waals surface area (Å²) in [6.07, 6.45) is 34.7. The molecule has 2 aliphatic rings. The fourth-order valence-corrected chi connectivity index (χ4v) is 6.61. The van der Waals surface area contributed by atoms with Crippen LogP contribution in [0.2, 0.25) is 0 Å². The van der Waals surface area contributed by atoms with Gasteiger partial charge in [0.25, 0.3) is 0 Å². The summed E-state index contributed by atoms with van der Waals surface area (Å²) in [6, 6.07) is 0. The average Bonchev–Trinajstić information content (AvgIpc) is 2.85. The number of rotatable bonds is 13. The van der Waals surface area contributed by atoms with E-state index in [1.165, 1.54) is 86.5 Å². The number of allylic oxidation sites excluding steroid dienone is 16. The van der Waals surface area contributed by atoms with Crippen LogP contribution in [0, 0.1) is 16.7 Å². The Bertz CT molecular complexity index is 1070. The van der Waals surface area contributed by atoms with Gasteiger partial charge in [0.2, 0.25) is 0 Å². The smallest absolute Gasteiger partial charge is 0.0104 e. The zero-order valence-corrected chi connectivity index (χ0v) is 28.1. The van der Waals surface area contributed by atoms with Crippen molar-refractivity contribution in [2.75, 3.05) is 0 Å². The van der Waals surface area contributed by atoms with Gasteiger partial charge in [0.15, 0.2) is 0 Å². The minimum absolute atomic E-state index is 0.306. The quantitative estimate of drug-likeness (QED) is 0.123. The first-order valence-corrected chi connectivity index (χ1v) is 16.2. The van der Waals surface area contributed by atoms with E-state index in [0.29, 0.717) is 16.7 Å². The van der Waals surface area contributed by atoms with E-state index in [-0.39, 0.29) is 0 Å². The van der Waals surface area contributed by atoms with Crippen LogP contribution in [0.5, 0.6) is 0 Å². The Morgan fingerprint density at radius 1 is 0.825 bits per heavy atom. The molecule has 0 fully saturated rings. The monoisotopic (exact) mass is 542 g/mol. The maximum Gasteiger partial charge on any atom is -0.0104 e. The molecule has 0 aromatic heterocycles. The van der Waals surface area contributed by atoms with Gasteiger partial charge in [0, 0.05) is 0 Å². The van der Waals surface area contributed by atoms with E-state index in [1.54, 1.807) is 16.7 Å². The van der Waals surface area contributed by atoms with Gasteiger partial charge in [-0.05, 0) is 128 Å². The summed E-state index contributed by atoms with van der Waals surface area (Å²) in [5.41, 5.74) is 11.3. The molecule has 0 radical (unpaired) electrons. The normalized spacial score (nSPS) is 21.9. The van der Waals surface area contributed by atoms with Crippen LogP contribution in [0.25, 0.3) is 0 Å². The zero-order chi connectivity index (χ0) is 29.8. The second kappa shape index (κ2) is 16.4. The first-order chi connectivity index (χ1) is 18.8. The summed E-state index contributed by atoms with van der Waals surface area (Å²) in [6.45, 7) is 23.4. The molecule has 1 atom stereocenters. The van der Waals surface area contributed by atoms with Crippen LogP contribution in [0.15, 0.2) is 93.7 Å². The van der Waals surface area contributed by atoms with Gasteiger partial charge >= 0.3 is 0 Å². The lowest BCUT2D eigenvalue weighted by molar-refractivity contribution is 0.354. The zero-order valence-electron chi connectivity index (χ0n) is 28.1. The van der Waals surface area contributed by atoms with Crippen LogP contribution in [-0.4, -0.2) is 0 Å². The fraction of sp³-hybridized carbons (Fsp3) is 0.600. The highest BCUT2D eigenvalue weighted by atomic mass is 14.3. The van der Waals surface area contributed by atoms with Gasteiger partial charge in [-0.25, -0.2) is 0 Å². The third kappa shape index (κ3) is 11.8. The van der Waals surface area contributed by atoms with Gasteiger partial charge in [-0.2, -0.15) is 0 Å².